The average molecular weight is 326 g/mol. The molecule has 0 spiro atoms. The lowest BCUT2D eigenvalue weighted by Crippen LogP contribution is -1.90. The summed E-state index contributed by atoms with van der Waals surface area (Å²) in [6, 6.07) is 1.99. The molecular formula is C7H5ClIN3S. The first kappa shape index (κ1) is 9.54. The van der Waals surface area contributed by atoms with Gasteiger partial charge < -0.3 is 0 Å². The topological polar surface area (TPSA) is 30.7 Å². The van der Waals surface area contributed by atoms with Crippen molar-refractivity contribution in [1.29, 1.82) is 0 Å². The molecule has 0 radical (unpaired) electrons. The van der Waals surface area contributed by atoms with E-state index in [4.69, 9.17) is 11.6 Å². The molecule has 0 saturated heterocycles. The zero-order valence-electron chi connectivity index (χ0n) is 6.66. The number of nitrogens with zero attached hydrogens (tertiary/aromatic N) is 3. The number of fused-ring (bicyclic) bond motifs is 1. The maximum absolute atomic E-state index is 5.76. The van der Waals surface area contributed by atoms with E-state index in [0.29, 0.717) is 5.28 Å². The molecule has 6 heteroatoms. The third kappa shape index (κ3) is 1.64. The predicted molar refractivity (Wildman–Crippen MR) is 64.3 cm³/mol. The second kappa shape index (κ2) is 3.62. The standard InChI is InChI=1S/C7H5ClIN3S/c1-4-5-2-3-12(13-9)6(5)11-7(8)10-4/h2-3H,1H3. The maximum atomic E-state index is 5.76. The molecule has 0 aliphatic heterocycles. The van der Waals surface area contributed by atoms with Gasteiger partial charge in [0.1, 0.15) is 0 Å². The van der Waals surface area contributed by atoms with Crippen molar-refractivity contribution in [2.24, 2.45) is 0 Å². The van der Waals surface area contributed by atoms with Crippen molar-refractivity contribution in [3.8, 4) is 0 Å². The van der Waals surface area contributed by atoms with Gasteiger partial charge in [-0.1, -0.05) is 0 Å². The minimum absolute atomic E-state index is 0.301. The zero-order valence-corrected chi connectivity index (χ0v) is 10.4. The van der Waals surface area contributed by atoms with Crippen LogP contribution >= 0.6 is 41.9 Å². The fourth-order valence-corrected chi connectivity index (χ4v) is 2.64. The van der Waals surface area contributed by atoms with Gasteiger partial charge in [-0.15, -0.1) is 0 Å². The van der Waals surface area contributed by atoms with Gasteiger partial charge in [0.05, 0.1) is 5.69 Å². The lowest BCUT2D eigenvalue weighted by atomic mass is 10.3. The molecule has 0 unspecified atom stereocenters. The van der Waals surface area contributed by atoms with Crippen molar-refractivity contribution in [2.45, 2.75) is 6.92 Å². The van der Waals surface area contributed by atoms with Gasteiger partial charge in [0.15, 0.2) is 5.65 Å². The highest BCUT2D eigenvalue weighted by molar-refractivity contribution is 14.2. The van der Waals surface area contributed by atoms with E-state index >= 15 is 0 Å². The highest BCUT2D eigenvalue weighted by Gasteiger charge is 2.07. The summed E-state index contributed by atoms with van der Waals surface area (Å²) in [6.07, 6.45) is 1.96. The highest BCUT2D eigenvalue weighted by Crippen LogP contribution is 2.25. The van der Waals surface area contributed by atoms with Gasteiger partial charge in [-0.25, -0.2) is 4.98 Å². The van der Waals surface area contributed by atoms with E-state index in [2.05, 4.69) is 31.2 Å². The van der Waals surface area contributed by atoms with Crippen molar-refractivity contribution in [2.75, 3.05) is 0 Å². The van der Waals surface area contributed by atoms with Gasteiger partial charge in [-0.3, -0.25) is 3.97 Å². The van der Waals surface area contributed by atoms with Gasteiger partial charge in [0.25, 0.3) is 0 Å². The summed E-state index contributed by atoms with van der Waals surface area (Å²) < 4.78 is 1.95. The molecule has 0 bridgehead atoms. The van der Waals surface area contributed by atoms with Gasteiger partial charge >= 0.3 is 0 Å². The lowest BCUT2D eigenvalue weighted by molar-refractivity contribution is 1.13. The smallest absolute Gasteiger partial charge is 0.224 e. The van der Waals surface area contributed by atoms with Crippen LogP contribution in [-0.2, 0) is 0 Å². The molecule has 0 aliphatic carbocycles. The van der Waals surface area contributed by atoms with Gasteiger partial charge in [-0.2, -0.15) is 4.98 Å². The van der Waals surface area contributed by atoms with Gasteiger partial charge in [0, 0.05) is 41.9 Å². The molecule has 0 atom stereocenters. The van der Waals surface area contributed by atoms with Crippen molar-refractivity contribution < 1.29 is 0 Å². The minimum atomic E-state index is 0.301. The molecule has 2 aromatic heterocycles. The second-order valence-corrected chi connectivity index (χ2v) is 4.58. The average Bonchev–Trinajstić information content (AvgIpc) is 2.47. The minimum Gasteiger partial charge on any atom is -0.266 e. The molecule has 0 N–H and O–H groups in total. The van der Waals surface area contributed by atoms with Crippen LogP contribution in [0.2, 0.25) is 5.28 Å². The third-order valence-corrected chi connectivity index (χ3v) is 3.63. The Bertz CT molecular complexity index is 456. The fourth-order valence-electron chi connectivity index (χ4n) is 1.16. The maximum Gasteiger partial charge on any atom is 0.224 e. The Morgan fingerprint density at radius 3 is 3.00 bits per heavy atom. The number of aryl methyl sites for hydroxylation is 1. The summed E-state index contributed by atoms with van der Waals surface area (Å²) in [4.78, 5) is 8.24. The van der Waals surface area contributed by atoms with Crippen LogP contribution in [0.1, 0.15) is 5.69 Å². The van der Waals surface area contributed by atoms with Crippen molar-refractivity contribution >= 4 is 53.0 Å². The molecule has 3 nitrogen and oxygen atoms in total. The van der Waals surface area contributed by atoms with E-state index in [9.17, 15) is 0 Å². The van der Waals surface area contributed by atoms with Crippen LogP contribution in [0.25, 0.3) is 11.0 Å². The Kier molecular flexibility index (Phi) is 2.66. The monoisotopic (exact) mass is 325 g/mol. The fraction of sp³-hybridized carbons (Fsp3) is 0.143. The predicted octanol–water partition coefficient (Wildman–Crippen LogP) is 3.24. The van der Waals surface area contributed by atoms with Crippen LogP contribution < -0.4 is 0 Å². The van der Waals surface area contributed by atoms with Gasteiger partial charge in [-0.05, 0) is 24.6 Å². The van der Waals surface area contributed by atoms with E-state index in [1.54, 1.807) is 9.12 Å². The third-order valence-electron chi connectivity index (χ3n) is 1.75. The number of rotatable bonds is 1. The van der Waals surface area contributed by atoms with E-state index in [-0.39, 0.29) is 0 Å². The molecular weight excluding hydrogens is 321 g/mol. The van der Waals surface area contributed by atoms with E-state index in [1.165, 1.54) is 0 Å². The van der Waals surface area contributed by atoms with Crippen molar-refractivity contribution in [3.63, 3.8) is 0 Å². The number of halogens is 2. The first-order chi connectivity index (χ1) is 6.22. The molecule has 2 heterocycles. The number of hydrogen-bond donors (Lipinski definition) is 0. The van der Waals surface area contributed by atoms with Crippen LogP contribution in [-0.4, -0.2) is 13.9 Å². The lowest BCUT2D eigenvalue weighted by Gasteiger charge is -1.98. The Labute approximate surface area is 96.6 Å². The second-order valence-electron chi connectivity index (χ2n) is 2.53. The molecule has 0 aromatic carbocycles. The van der Waals surface area contributed by atoms with E-state index in [1.807, 2.05) is 23.2 Å². The molecule has 0 amide bonds. The van der Waals surface area contributed by atoms with Crippen LogP contribution in [0.4, 0.5) is 0 Å². The summed E-state index contributed by atoms with van der Waals surface area (Å²) in [5.41, 5.74) is 1.79. The van der Waals surface area contributed by atoms with Crippen LogP contribution in [0.15, 0.2) is 12.3 Å². The SMILES string of the molecule is Cc1nc(Cl)nc2c1ccn2SI. The largest absolute Gasteiger partial charge is 0.266 e. The van der Waals surface area contributed by atoms with Crippen LogP contribution in [0.3, 0.4) is 0 Å². The normalized spacial score (nSPS) is 11.0. The van der Waals surface area contributed by atoms with E-state index < -0.39 is 0 Å². The summed E-state index contributed by atoms with van der Waals surface area (Å²) in [6.45, 7) is 1.93. The first-order valence-electron chi connectivity index (χ1n) is 3.52. The Hall–Kier alpha value is -0.0100. The van der Waals surface area contributed by atoms with E-state index in [0.717, 1.165) is 16.7 Å². The highest BCUT2D eigenvalue weighted by atomic mass is 127. The number of hydrogen-bond acceptors (Lipinski definition) is 3. The molecule has 0 aliphatic rings. The number of aromatic nitrogens is 3. The molecule has 13 heavy (non-hydrogen) atoms. The van der Waals surface area contributed by atoms with Crippen molar-refractivity contribution in [1.82, 2.24) is 13.9 Å². The molecule has 2 rings (SSSR count). The Balaban J connectivity index is 2.82. The zero-order chi connectivity index (χ0) is 9.42. The molecule has 2 aromatic rings. The summed E-state index contributed by atoms with van der Waals surface area (Å²) in [5, 5.41) is 1.35. The Morgan fingerprint density at radius 1 is 1.54 bits per heavy atom. The molecule has 68 valence electrons. The molecule has 0 fully saturated rings. The van der Waals surface area contributed by atoms with Gasteiger partial charge in [0.2, 0.25) is 5.28 Å². The first-order valence-corrected chi connectivity index (χ1v) is 7.22. The Morgan fingerprint density at radius 2 is 2.31 bits per heavy atom. The quantitative estimate of drug-likeness (QED) is 0.596. The summed E-state index contributed by atoms with van der Waals surface area (Å²) in [7, 11) is 1.56. The van der Waals surface area contributed by atoms with Crippen molar-refractivity contribution in [3.05, 3.63) is 23.2 Å². The van der Waals surface area contributed by atoms with Crippen LogP contribution in [0, 0.1) is 6.92 Å². The summed E-state index contributed by atoms with van der Waals surface area (Å²) >= 11 is 7.96. The summed E-state index contributed by atoms with van der Waals surface area (Å²) in [5.74, 6) is 0. The van der Waals surface area contributed by atoms with Crippen LogP contribution in [0.5, 0.6) is 0 Å². The molecule has 0 saturated carbocycles.